The van der Waals surface area contributed by atoms with E-state index in [2.05, 4.69) is 5.32 Å². The minimum Gasteiger partial charge on any atom is -0.480 e. The van der Waals surface area contributed by atoms with Gasteiger partial charge in [0.05, 0.1) is 0 Å². The Morgan fingerprint density at radius 1 is 1.10 bits per heavy atom. The molecule has 0 radical (unpaired) electrons. The maximum absolute atomic E-state index is 11.9. The van der Waals surface area contributed by atoms with Gasteiger partial charge in [0.2, 0.25) is 5.91 Å². The normalized spacial score (nSPS) is 14.3. The molecule has 20 heavy (non-hydrogen) atoms. The molecule has 0 aliphatic heterocycles. The summed E-state index contributed by atoms with van der Waals surface area (Å²) in [6, 6.07) is 6.84. The molecular weight excluding hydrogens is 282 g/mol. The molecule has 6 nitrogen and oxygen atoms in total. The zero-order chi connectivity index (χ0) is 15.5. The van der Waals surface area contributed by atoms with E-state index in [1.165, 1.54) is 6.92 Å². The summed E-state index contributed by atoms with van der Waals surface area (Å²) >= 11 is 0. The van der Waals surface area contributed by atoms with Gasteiger partial charge in [-0.3, -0.25) is 9.59 Å². The SMILES string of the molecule is Cc1ccc(NC(=O)C(C)S(=O)(=O)C(C)C(=O)O)cc1. The van der Waals surface area contributed by atoms with Gasteiger partial charge in [-0.15, -0.1) is 0 Å². The van der Waals surface area contributed by atoms with E-state index in [0.29, 0.717) is 5.69 Å². The number of sulfone groups is 1. The summed E-state index contributed by atoms with van der Waals surface area (Å²) in [5.41, 5.74) is 1.47. The number of rotatable bonds is 5. The Bertz CT molecular complexity index is 606. The zero-order valence-electron chi connectivity index (χ0n) is 11.5. The van der Waals surface area contributed by atoms with Crippen LogP contribution in [0.15, 0.2) is 24.3 Å². The van der Waals surface area contributed by atoms with Crippen LogP contribution in [0.4, 0.5) is 5.69 Å². The van der Waals surface area contributed by atoms with E-state index in [0.717, 1.165) is 12.5 Å². The molecule has 0 bridgehead atoms. The van der Waals surface area contributed by atoms with Crippen molar-refractivity contribution >= 4 is 27.4 Å². The third-order valence-corrected chi connectivity index (χ3v) is 5.41. The van der Waals surface area contributed by atoms with Crippen molar-refractivity contribution in [3.8, 4) is 0 Å². The summed E-state index contributed by atoms with van der Waals surface area (Å²) in [5.74, 6) is -2.22. The fraction of sp³-hybridized carbons (Fsp3) is 0.385. The number of amides is 1. The van der Waals surface area contributed by atoms with Crippen molar-refractivity contribution in [2.24, 2.45) is 0 Å². The molecule has 110 valence electrons. The van der Waals surface area contributed by atoms with Crippen molar-refractivity contribution in [2.75, 3.05) is 5.32 Å². The average Bonchev–Trinajstić information content (AvgIpc) is 2.39. The number of hydrogen-bond acceptors (Lipinski definition) is 4. The third kappa shape index (κ3) is 3.57. The summed E-state index contributed by atoms with van der Waals surface area (Å²) in [4.78, 5) is 22.6. The van der Waals surface area contributed by atoms with Crippen LogP contribution in [0.5, 0.6) is 0 Å². The first-order chi connectivity index (χ1) is 9.16. The predicted octanol–water partition coefficient (Wildman–Crippen LogP) is 1.21. The number of benzene rings is 1. The second-order valence-corrected chi connectivity index (χ2v) is 7.16. The Balaban J connectivity index is 2.87. The molecule has 1 amide bonds. The lowest BCUT2D eigenvalue weighted by atomic mass is 10.2. The highest BCUT2D eigenvalue weighted by molar-refractivity contribution is 7.94. The van der Waals surface area contributed by atoms with Crippen LogP contribution in [-0.4, -0.2) is 35.9 Å². The highest BCUT2D eigenvalue weighted by Crippen LogP contribution is 2.14. The van der Waals surface area contributed by atoms with E-state index >= 15 is 0 Å². The van der Waals surface area contributed by atoms with Crippen LogP contribution in [0.25, 0.3) is 0 Å². The van der Waals surface area contributed by atoms with Crippen LogP contribution < -0.4 is 5.32 Å². The summed E-state index contributed by atoms with van der Waals surface area (Å²) in [5, 5.41) is 8.16. The van der Waals surface area contributed by atoms with Gasteiger partial charge in [-0.2, -0.15) is 0 Å². The van der Waals surface area contributed by atoms with Gasteiger partial charge in [-0.25, -0.2) is 8.42 Å². The van der Waals surface area contributed by atoms with Crippen molar-refractivity contribution in [2.45, 2.75) is 31.3 Å². The molecule has 0 spiro atoms. The van der Waals surface area contributed by atoms with Crippen molar-refractivity contribution < 1.29 is 23.1 Å². The molecule has 0 saturated carbocycles. The van der Waals surface area contributed by atoms with Gasteiger partial charge >= 0.3 is 5.97 Å². The molecule has 1 aromatic rings. The third-order valence-electron chi connectivity index (χ3n) is 3.02. The van der Waals surface area contributed by atoms with Crippen molar-refractivity contribution in [1.82, 2.24) is 0 Å². The van der Waals surface area contributed by atoms with Crippen LogP contribution in [-0.2, 0) is 19.4 Å². The number of carbonyl (C=O) groups is 2. The standard InChI is InChI=1S/C13H17NO5S/c1-8-4-6-11(7-5-8)14-12(15)9(2)20(18,19)10(3)13(16)17/h4-7,9-10H,1-3H3,(H,14,15)(H,16,17). The molecule has 0 aliphatic rings. The maximum Gasteiger partial charge on any atom is 0.321 e. The Labute approximate surface area is 117 Å². The number of carboxylic acids is 1. The van der Waals surface area contributed by atoms with Gasteiger partial charge in [-0.05, 0) is 32.9 Å². The smallest absolute Gasteiger partial charge is 0.321 e. The molecule has 7 heteroatoms. The lowest BCUT2D eigenvalue weighted by molar-refractivity contribution is -0.136. The van der Waals surface area contributed by atoms with Crippen LogP contribution in [0, 0.1) is 6.92 Å². The summed E-state index contributed by atoms with van der Waals surface area (Å²) in [6.45, 7) is 4.11. The molecule has 0 aliphatic carbocycles. The maximum atomic E-state index is 11.9. The average molecular weight is 299 g/mol. The quantitative estimate of drug-likeness (QED) is 0.851. The minimum absolute atomic E-state index is 0.464. The Morgan fingerprint density at radius 3 is 2.05 bits per heavy atom. The lowest BCUT2D eigenvalue weighted by Crippen LogP contribution is -2.40. The van der Waals surface area contributed by atoms with E-state index in [1.807, 2.05) is 6.92 Å². The number of aryl methyl sites for hydroxylation is 1. The van der Waals surface area contributed by atoms with Gasteiger partial charge < -0.3 is 10.4 Å². The van der Waals surface area contributed by atoms with Crippen LogP contribution in [0.3, 0.4) is 0 Å². The minimum atomic E-state index is -4.08. The van der Waals surface area contributed by atoms with E-state index < -0.39 is 32.2 Å². The fourth-order valence-electron chi connectivity index (χ4n) is 1.48. The van der Waals surface area contributed by atoms with E-state index in [9.17, 15) is 18.0 Å². The second-order valence-electron chi connectivity index (χ2n) is 4.57. The molecule has 2 atom stereocenters. The number of anilines is 1. The highest BCUT2D eigenvalue weighted by Gasteiger charge is 2.37. The Morgan fingerprint density at radius 2 is 1.60 bits per heavy atom. The van der Waals surface area contributed by atoms with Gasteiger partial charge in [0, 0.05) is 5.69 Å². The first kappa shape index (κ1) is 16.2. The second kappa shape index (κ2) is 6.04. The molecule has 1 rings (SSSR count). The number of hydrogen-bond donors (Lipinski definition) is 2. The van der Waals surface area contributed by atoms with Crippen LogP contribution in [0.2, 0.25) is 0 Å². The van der Waals surface area contributed by atoms with Crippen LogP contribution in [0.1, 0.15) is 19.4 Å². The summed E-state index contributed by atoms with van der Waals surface area (Å²) in [7, 11) is -4.08. The van der Waals surface area contributed by atoms with E-state index in [1.54, 1.807) is 24.3 Å². The predicted molar refractivity (Wildman–Crippen MR) is 75.3 cm³/mol. The number of carboxylic acid groups (broad SMARTS) is 1. The Kier molecular flexibility index (Phi) is 4.88. The lowest BCUT2D eigenvalue weighted by Gasteiger charge is -2.16. The molecule has 0 aromatic heterocycles. The van der Waals surface area contributed by atoms with Crippen molar-refractivity contribution in [1.29, 1.82) is 0 Å². The number of carbonyl (C=O) groups excluding carboxylic acids is 1. The van der Waals surface area contributed by atoms with Crippen molar-refractivity contribution in [3.05, 3.63) is 29.8 Å². The van der Waals surface area contributed by atoms with Gasteiger partial charge in [0.1, 0.15) is 5.25 Å². The molecule has 2 N–H and O–H groups in total. The van der Waals surface area contributed by atoms with Gasteiger partial charge in [0.15, 0.2) is 15.1 Å². The molecule has 0 saturated heterocycles. The number of aliphatic carboxylic acids is 1. The van der Waals surface area contributed by atoms with Crippen molar-refractivity contribution in [3.63, 3.8) is 0 Å². The van der Waals surface area contributed by atoms with E-state index in [4.69, 9.17) is 5.11 Å². The molecule has 2 unspecified atom stereocenters. The van der Waals surface area contributed by atoms with Gasteiger partial charge in [-0.1, -0.05) is 17.7 Å². The first-order valence-electron chi connectivity index (χ1n) is 5.99. The molecule has 0 fully saturated rings. The highest BCUT2D eigenvalue weighted by atomic mass is 32.2. The molecule has 1 aromatic carbocycles. The van der Waals surface area contributed by atoms with Crippen LogP contribution >= 0.6 is 0 Å². The van der Waals surface area contributed by atoms with E-state index in [-0.39, 0.29) is 0 Å². The Hall–Kier alpha value is -1.89. The number of nitrogens with one attached hydrogen (secondary N) is 1. The largest absolute Gasteiger partial charge is 0.480 e. The summed E-state index contributed by atoms with van der Waals surface area (Å²) < 4.78 is 23.8. The van der Waals surface area contributed by atoms with Gasteiger partial charge in [0.25, 0.3) is 0 Å². The molecular formula is C13H17NO5S. The zero-order valence-corrected chi connectivity index (χ0v) is 12.3. The summed E-state index contributed by atoms with van der Waals surface area (Å²) in [6.07, 6.45) is 0. The monoisotopic (exact) mass is 299 g/mol. The fourth-order valence-corrected chi connectivity index (χ4v) is 2.73. The topological polar surface area (TPSA) is 101 Å². The first-order valence-corrected chi connectivity index (χ1v) is 7.60. The molecule has 0 heterocycles.